The third kappa shape index (κ3) is 5.85. The van der Waals surface area contributed by atoms with E-state index in [1.807, 2.05) is 12.1 Å². The van der Waals surface area contributed by atoms with Crippen LogP contribution in [0.1, 0.15) is 16.1 Å². The number of nitrogens with zero attached hydrogens (tertiary/aromatic N) is 1. The van der Waals surface area contributed by atoms with Crippen molar-refractivity contribution in [1.29, 1.82) is 0 Å². The molecular formula is C21H18Cl2N4O3. The lowest BCUT2D eigenvalue weighted by atomic mass is 10.2. The van der Waals surface area contributed by atoms with Crippen LogP contribution in [-0.4, -0.2) is 24.0 Å². The molecule has 0 aliphatic rings. The Morgan fingerprint density at radius 1 is 0.967 bits per heavy atom. The number of amides is 3. The second kappa shape index (κ2) is 9.96. The Hall–Kier alpha value is -3.29. The summed E-state index contributed by atoms with van der Waals surface area (Å²) in [5.41, 5.74) is 1.69. The van der Waals surface area contributed by atoms with Crippen molar-refractivity contribution in [3.8, 4) is 11.5 Å². The molecule has 154 valence electrons. The second-order valence-electron chi connectivity index (χ2n) is 6.14. The highest BCUT2D eigenvalue weighted by atomic mass is 35.5. The Kier molecular flexibility index (Phi) is 7.11. The van der Waals surface area contributed by atoms with Crippen LogP contribution in [0.3, 0.4) is 0 Å². The Morgan fingerprint density at radius 2 is 1.73 bits per heavy atom. The zero-order chi connectivity index (χ0) is 21.5. The van der Waals surface area contributed by atoms with E-state index in [0.29, 0.717) is 33.8 Å². The summed E-state index contributed by atoms with van der Waals surface area (Å²) in [6.45, 7) is 0.323. The predicted molar refractivity (Wildman–Crippen MR) is 116 cm³/mol. The molecule has 9 heteroatoms. The van der Waals surface area contributed by atoms with Crippen LogP contribution in [0, 0.1) is 0 Å². The first kappa shape index (κ1) is 21.4. The summed E-state index contributed by atoms with van der Waals surface area (Å²) in [4.78, 5) is 27.7. The van der Waals surface area contributed by atoms with Crippen molar-refractivity contribution < 1.29 is 14.3 Å². The number of anilines is 1. The van der Waals surface area contributed by atoms with Crippen LogP contribution in [0.4, 0.5) is 10.5 Å². The molecule has 0 aliphatic carbocycles. The minimum Gasteiger partial charge on any atom is -0.457 e. The molecule has 0 aliphatic heterocycles. The molecule has 3 aromatic rings. The third-order valence-corrected chi connectivity index (χ3v) is 4.72. The van der Waals surface area contributed by atoms with E-state index >= 15 is 0 Å². The number of pyridine rings is 1. The van der Waals surface area contributed by atoms with Gasteiger partial charge < -0.3 is 20.7 Å². The molecule has 2 aromatic carbocycles. The van der Waals surface area contributed by atoms with Gasteiger partial charge in [0, 0.05) is 31.5 Å². The van der Waals surface area contributed by atoms with E-state index in [0.717, 1.165) is 5.56 Å². The predicted octanol–water partition coefficient (Wildman–Crippen LogP) is 4.86. The number of ether oxygens (including phenoxy) is 1. The first-order valence-electron chi connectivity index (χ1n) is 8.89. The monoisotopic (exact) mass is 444 g/mol. The van der Waals surface area contributed by atoms with E-state index < -0.39 is 0 Å². The molecule has 30 heavy (non-hydrogen) atoms. The van der Waals surface area contributed by atoms with Crippen LogP contribution in [0.5, 0.6) is 11.5 Å². The minimum absolute atomic E-state index is 0.267. The summed E-state index contributed by atoms with van der Waals surface area (Å²) < 4.78 is 5.75. The van der Waals surface area contributed by atoms with E-state index in [4.69, 9.17) is 27.9 Å². The molecule has 0 saturated heterocycles. The quantitative estimate of drug-likeness (QED) is 0.505. The number of hydrogen-bond donors (Lipinski definition) is 3. The van der Waals surface area contributed by atoms with Gasteiger partial charge in [-0.05, 0) is 42.0 Å². The minimum atomic E-state index is -0.368. The number of hydrogen-bond acceptors (Lipinski definition) is 4. The number of benzene rings is 2. The molecule has 1 aromatic heterocycles. The first-order chi connectivity index (χ1) is 14.4. The van der Waals surface area contributed by atoms with Crippen LogP contribution in [0.2, 0.25) is 10.0 Å². The Labute approximate surface area is 183 Å². The van der Waals surface area contributed by atoms with Gasteiger partial charge in [0.15, 0.2) is 0 Å². The molecule has 1 heterocycles. The van der Waals surface area contributed by atoms with Crippen molar-refractivity contribution in [3.05, 3.63) is 82.1 Å². The number of halogens is 2. The molecule has 7 nitrogen and oxygen atoms in total. The Bertz CT molecular complexity index is 1060. The molecule has 0 radical (unpaired) electrons. The molecule has 0 saturated carbocycles. The highest BCUT2D eigenvalue weighted by Crippen LogP contribution is 2.25. The van der Waals surface area contributed by atoms with E-state index in [-0.39, 0.29) is 17.6 Å². The van der Waals surface area contributed by atoms with Gasteiger partial charge in [0.2, 0.25) is 0 Å². The normalized spacial score (nSPS) is 10.2. The zero-order valence-electron chi connectivity index (χ0n) is 15.9. The standard InChI is InChI=1S/C21H18Cl2N4O3/c1-24-20(28)19-11-16(8-9-25-19)30-15-5-2-13(3-6-15)12-26-21(29)27-14-4-7-17(22)18(23)10-14/h2-11H,12H2,1H3,(H,24,28)(H2,26,27,29). The number of carbonyl (C=O) groups excluding carboxylic acids is 2. The average molecular weight is 445 g/mol. The van der Waals surface area contributed by atoms with Crippen LogP contribution in [-0.2, 0) is 6.54 Å². The van der Waals surface area contributed by atoms with Gasteiger partial charge >= 0.3 is 6.03 Å². The van der Waals surface area contributed by atoms with Crippen molar-refractivity contribution in [2.45, 2.75) is 6.54 Å². The molecule has 3 rings (SSSR count). The summed E-state index contributed by atoms with van der Waals surface area (Å²) in [5, 5.41) is 8.74. The SMILES string of the molecule is CNC(=O)c1cc(Oc2ccc(CNC(=O)Nc3ccc(Cl)c(Cl)c3)cc2)ccn1. The number of urea groups is 1. The molecule has 3 amide bonds. The lowest BCUT2D eigenvalue weighted by Gasteiger charge is -2.10. The summed E-state index contributed by atoms with van der Waals surface area (Å²) in [7, 11) is 1.54. The number of rotatable bonds is 6. The maximum Gasteiger partial charge on any atom is 0.319 e. The van der Waals surface area contributed by atoms with Crippen molar-refractivity contribution in [1.82, 2.24) is 15.6 Å². The van der Waals surface area contributed by atoms with Crippen LogP contribution in [0.25, 0.3) is 0 Å². The van der Waals surface area contributed by atoms with E-state index in [1.54, 1.807) is 42.5 Å². The Morgan fingerprint density at radius 3 is 2.43 bits per heavy atom. The van der Waals surface area contributed by atoms with Crippen molar-refractivity contribution >= 4 is 40.8 Å². The molecule has 0 fully saturated rings. The molecule has 0 spiro atoms. The average Bonchev–Trinajstić information content (AvgIpc) is 2.75. The smallest absolute Gasteiger partial charge is 0.319 e. The summed E-state index contributed by atoms with van der Waals surface area (Å²) in [6.07, 6.45) is 1.50. The van der Waals surface area contributed by atoms with Gasteiger partial charge in [0.05, 0.1) is 10.0 Å². The summed E-state index contributed by atoms with van der Waals surface area (Å²) in [5.74, 6) is 0.796. The number of carbonyl (C=O) groups is 2. The first-order valence-corrected chi connectivity index (χ1v) is 9.65. The van der Waals surface area contributed by atoms with Gasteiger partial charge in [-0.3, -0.25) is 9.78 Å². The maximum absolute atomic E-state index is 12.0. The fourth-order valence-electron chi connectivity index (χ4n) is 2.47. The van der Waals surface area contributed by atoms with Crippen LogP contribution >= 0.6 is 23.2 Å². The highest BCUT2D eigenvalue weighted by Gasteiger charge is 2.07. The van der Waals surface area contributed by atoms with Crippen LogP contribution in [0.15, 0.2) is 60.8 Å². The third-order valence-electron chi connectivity index (χ3n) is 3.98. The van der Waals surface area contributed by atoms with Crippen LogP contribution < -0.4 is 20.7 Å². The van der Waals surface area contributed by atoms with E-state index in [9.17, 15) is 9.59 Å². The maximum atomic E-state index is 12.0. The number of aromatic nitrogens is 1. The van der Waals surface area contributed by atoms with Gasteiger partial charge in [0.25, 0.3) is 5.91 Å². The molecular weight excluding hydrogens is 427 g/mol. The fourth-order valence-corrected chi connectivity index (χ4v) is 2.77. The van der Waals surface area contributed by atoms with Gasteiger partial charge in [-0.25, -0.2) is 4.79 Å². The molecule has 0 bridgehead atoms. The van der Waals surface area contributed by atoms with Crippen molar-refractivity contribution in [2.75, 3.05) is 12.4 Å². The second-order valence-corrected chi connectivity index (χ2v) is 6.95. The molecule has 0 unspecified atom stereocenters. The highest BCUT2D eigenvalue weighted by molar-refractivity contribution is 6.42. The fraction of sp³-hybridized carbons (Fsp3) is 0.0952. The Balaban J connectivity index is 1.53. The van der Waals surface area contributed by atoms with Gasteiger partial charge in [0.1, 0.15) is 17.2 Å². The lowest BCUT2D eigenvalue weighted by Crippen LogP contribution is -2.28. The zero-order valence-corrected chi connectivity index (χ0v) is 17.4. The van der Waals surface area contributed by atoms with Gasteiger partial charge in [-0.1, -0.05) is 35.3 Å². The van der Waals surface area contributed by atoms with Crippen molar-refractivity contribution in [2.24, 2.45) is 0 Å². The van der Waals surface area contributed by atoms with E-state index in [2.05, 4.69) is 20.9 Å². The van der Waals surface area contributed by atoms with Gasteiger partial charge in [-0.15, -0.1) is 0 Å². The van der Waals surface area contributed by atoms with E-state index in [1.165, 1.54) is 13.2 Å². The number of nitrogens with one attached hydrogen (secondary N) is 3. The van der Waals surface area contributed by atoms with Gasteiger partial charge in [-0.2, -0.15) is 0 Å². The lowest BCUT2D eigenvalue weighted by molar-refractivity contribution is 0.0958. The molecule has 3 N–H and O–H groups in total. The van der Waals surface area contributed by atoms with Crippen molar-refractivity contribution in [3.63, 3.8) is 0 Å². The summed E-state index contributed by atoms with van der Waals surface area (Å²) in [6, 6.07) is 14.9. The topological polar surface area (TPSA) is 92.4 Å². The summed E-state index contributed by atoms with van der Waals surface area (Å²) >= 11 is 11.8. The largest absolute Gasteiger partial charge is 0.457 e. The molecule has 0 atom stereocenters.